The van der Waals surface area contributed by atoms with Gasteiger partial charge >= 0.3 is 5.76 Å². The van der Waals surface area contributed by atoms with Gasteiger partial charge in [0, 0.05) is 5.56 Å². The highest BCUT2D eigenvalue weighted by Crippen LogP contribution is 2.38. The quantitative estimate of drug-likeness (QED) is 0.237. The van der Waals surface area contributed by atoms with E-state index in [1.54, 1.807) is 12.1 Å². The van der Waals surface area contributed by atoms with Gasteiger partial charge in [-0.25, -0.2) is 17.8 Å². The van der Waals surface area contributed by atoms with Crippen LogP contribution in [0.2, 0.25) is 0 Å². The van der Waals surface area contributed by atoms with Gasteiger partial charge in [0.15, 0.2) is 11.5 Å². The maximum Gasteiger partial charge on any atom is 0.355 e. The summed E-state index contributed by atoms with van der Waals surface area (Å²) in [5.41, 5.74) is 9.53. The van der Waals surface area contributed by atoms with Gasteiger partial charge in [0.1, 0.15) is 18.2 Å². The Morgan fingerprint density at radius 1 is 0.974 bits per heavy atom. The number of aromatic nitrogens is 3. The molecule has 0 bridgehead atoms. The number of nitrogen functional groups attached to an aromatic ring is 1. The van der Waals surface area contributed by atoms with Gasteiger partial charge < -0.3 is 10.5 Å². The maximum atomic E-state index is 13.3. The third-order valence-corrected chi connectivity index (χ3v) is 6.69. The van der Waals surface area contributed by atoms with Gasteiger partial charge in [0.25, 0.3) is 10.0 Å². The van der Waals surface area contributed by atoms with Gasteiger partial charge in [-0.15, -0.1) is 0 Å². The molecule has 8 nitrogen and oxygen atoms in total. The summed E-state index contributed by atoms with van der Waals surface area (Å²) in [6.07, 6.45) is 0. The second-order valence-corrected chi connectivity index (χ2v) is 9.94. The number of nitrogens with zero attached hydrogens (tertiary/aromatic N) is 2. The van der Waals surface area contributed by atoms with Crippen LogP contribution in [0.3, 0.4) is 0 Å². The second-order valence-electron chi connectivity index (χ2n) is 8.29. The van der Waals surface area contributed by atoms with Crippen LogP contribution in [0.25, 0.3) is 33.4 Å². The molecule has 0 aliphatic carbocycles. The topological polar surface area (TPSA) is 123 Å². The van der Waals surface area contributed by atoms with E-state index in [2.05, 4.69) is 15.2 Å². The zero-order valence-corrected chi connectivity index (χ0v) is 20.3. The minimum Gasteiger partial charge on any atom is -0.487 e. The summed E-state index contributed by atoms with van der Waals surface area (Å²) in [6.45, 7) is -0.0813. The molecule has 2 aromatic heterocycles. The fourth-order valence-electron chi connectivity index (χ4n) is 3.87. The number of hydrogen-bond donors (Lipinski definition) is 3. The molecular formula is C26H20F3N5O3S. The summed E-state index contributed by atoms with van der Waals surface area (Å²) in [7, 11) is -4.97. The number of nitrogens with two attached hydrogens (primary N) is 1. The van der Waals surface area contributed by atoms with E-state index in [0.717, 1.165) is 5.56 Å². The lowest BCUT2D eigenvalue weighted by atomic mass is 9.99. The smallest absolute Gasteiger partial charge is 0.355 e. The molecule has 0 unspecified atom stereocenters. The average Bonchev–Trinajstić information content (AvgIpc) is 3.29. The summed E-state index contributed by atoms with van der Waals surface area (Å²) in [6, 6.07) is 21.0. The number of alkyl halides is 2. The Hall–Kier alpha value is -4.58. The molecule has 0 atom stereocenters. The fraction of sp³-hybridized carbons (Fsp3) is 0.0769. The van der Waals surface area contributed by atoms with Crippen molar-refractivity contribution >= 4 is 32.6 Å². The number of ether oxygens (including phenoxy) is 1. The minimum atomic E-state index is -4.97. The normalized spacial score (nSPS) is 11.7. The predicted molar refractivity (Wildman–Crippen MR) is 138 cm³/mol. The van der Waals surface area contributed by atoms with Crippen LogP contribution in [0.15, 0.2) is 78.9 Å². The molecule has 0 fully saturated rings. The highest BCUT2D eigenvalue weighted by Gasteiger charge is 2.26. The number of nitrogens with one attached hydrogen (secondary N) is 2. The van der Waals surface area contributed by atoms with Gasteiger partial charge in [-0.05, 0) is 47.0 Å². The van der Waals surface area contributed by atoms with Crippen molar-refractivity contribution in [2.75, 3.05) is 10.5 Å². The number of halogens is 3. The van der Waals surface area contributed by atoms with Crippen molar-refractivity contribution < 1.29 is 26.3 Å². The molecule has 0 amide bonds. The monoisotopic (exact) mass is 539 g/mol. The zero-order valence-electron chi connectivity index (χ0n) is 19.5. The van der Waals surface area contributed by atoms with Crippen molar-refractivity contribution in [1.29, 1.82) is 0 Å². The number of sulfonamides is 1. The van der Waals surface area contributed by atoms with Crippen LogP contribution in [0, 0.1) is 5.82 Å². The average molecular weight is 540 g/mol. The molecule has 38 heavy (non-hydrogen) atoms. The van der Waals surface area contributed by atoms with Crippen LogP contribution in [0.5, 0.6) is 5.75 Å². The molecule has 0 spiro atoms. The Balaban J connectivity index is 1.62. The van der Waals surface area contributed by atoms with E-state index < -0.39 is 21.6 Å². The number of anilines is 2. The molecule has 0 radical (unpaired) electrons. The molecule has 5 aromatic rings. The summed E-state index contributed by atoms with van der Waals surface area (Å²) in [4.78, 5) is 4.61. The second kappa shape index (κ2) is 10.1. The molecule has 0 saturated carbocycles. The first kappa shape index (κ1) is 25.1. The number of H-pyrrole nitrogens is 1. The molecule has 12 heteroatoms. The Morgan fingerprint density at radius 3 is 2.42 bits per heavy atom. The Bertz CT molecular complexity index is 1710. The van der Waals surface area contributed by atoms with E-state index in [1.807, 2.05) is 35.1 Å². The molecule has 5 rings (SSSR count). The van der Waals surface area contributed by atoms with Crippen molar-refractivity contribution in [2.45, 2.75) is 12.4 Å². The van der Waals surface area contributed by atoms with Gasteiger partial charge in [-0.2, -0.15) is 13.9 Å². The number of rotatable bonds is 8. The molecule has 0 aliphatic rings. The van der Waals surface area contributed by atoms with Crippen molar-refractivity contribution in [3.63, 3.8) is 0 Å². The van der Waals surface area contributed by atoms with E-state index in [1.165, 1.54) is 36.4 Å². The van der Waals surface area contributed by atoms with Crippen LogP contribution < -0.4 is 15.2 Å². The third kappa shape index (κ3) is 5.11. The van der Waals surface area contributed by atoms with Crippen LogP contribution in [-0.2, 0) is 16.6 Å². The van der Waals surface area contributed by atoms with E-state index in [0.29, 0.717) is 33.4 Å². The molecule has 3 aromatic carbocycles. The lowest BCUT2D eigenvalue weighted by molar-refractivity contribution is 0.236. The summed E-state index contributed by atoms with van der Waals surface area (Å²) < 4.78 is 71.0. The van der Waals surface area contributed by atoms with E-state index in [9.17, 15) is 21.6 Å². The number of hydrogen-bond acceptors (Lipinski definition) is 6. The molecule has 0 saturated heterocycles. The first-order chi connectivity index (χ1) is 18.2. The van der Waals surface area contributed by atoms with Gasteiger partial charge in [-0.3, -0.25) is 9.82 Å². The fourth-order valence-corrected chi connectivity index (χ4v) is 4.44. The zero-order chi connectivity index (χ0) is 26.9. The summed E-state index contributed by atoms with van der Waals surface area (Å²) >= 11 is 0. The van der Waals surface area contributed by atoms with Crippen LogP contribution in [0.1, 0.15) is 5.56 Å². The predicted octanol–water partition coefficient (Wildman–Crippen LogP) is 5.56. The van der Waals surface area contributed by atoms with E-state index >= 15 is 0 Å². The number of benzene rings is 3. The Labute approximate surface area is 215 Å². The van der Waals surface area contributed by atoms with E-state index in [-0.39, 0.29) is 23.9 Å². The van der Waals surface area contributed by atoms with Gasteiger partial charge in [-0.1, -0.05) is 48.5 Å². The van der Waals surface area contributed by atoms with Crippen LogP contribution >= 0.6 is 0 Å². The number of fused-ring (bicyclic) bond motifs is 1. The molecule has 4 N–H and O–H groups in total. The lowest BCUT2D eigenvalue weighted by Crippen LogP contribution is -2.21. The largest absolute Gasteiger partial charge is 0.487 e. The standard InChI is InChI=1S/C26H20F3N5O3S/c27-18-9-6-15(7-10-18)14-37-22-12-17(8-11-20(22)34-38(35,36)26(28)29)19-13-21(16-4-2-1-3-5-16)31-25-23(19)24(30)32-33-25/h1-13,26,34H,14H2,(H3,30,31,32,33). The highest BCUT2D eigenvalue weighted by molar-refractivity contribution is 7.93. The highest BCUT2D eigenvalue weighted by atomic mass is 32.2. The molecule has 194 valence electrons. The number of pyridine rings is 1. The molecule has 2 heterocycles. The van der Waals surface area contributed by atoms with Crippen LogP contribution in [0.4, 0.5) is 24.7 Å². The Kier molecular flexibility index (Phi) is 6.64. The van der Waals surface area contributed by atoms with Crippen molar-refractivity contribution in [2.24, 2.45) is 0 Å². The molecule has 0 aliphatic heterocycles. The van der Waals surface area contributed by atoms with Crippen molar-refractivity contribution in [3.05, 3.63) is 90.2 Å². The van der Waals surface area contributed by atoms with Gasteiger partial charge in [0.05, 0.1) is 16.8 Å². The van der Waals surface area contributed by atoms with E-state index in [4.69, 9.17) is 10.5 Å². The number of aromatic amines is 1. The third-order valence-electron chi connectivity index (χ3n) is 5.71. The summed E-state index contributed by atoms with van der Waals surface area (Å²) in [5, 5.41) is 7.39. The first-order valence-electron chi connectivity index (χ1n) is 11.2. The summed E-state index contributed by atoms with van der Waals surface area (Å²) in [5.74, 6) is -3.91. The van der Waals surface area contributed by atoms with Crippen molar-refractivity contribution in [1.82, 2.24) is 15.2 Å². The van der Waals surface area contributed by atoms with Crippen LogP contribution in [-0.4, -0.2) is 29.4 Å². The molecular weight excluding hydrogens is 519 g/mol. The minimum absolute atomic E-state index is 0.0238. The Morgan fingerprint density at radius 2 is 1.71 bits per heavy atom. The maximum absolute atomic E-state index is 13.3. The first-order valence-corrected chi connectivity index (χ1v) is 12.8. The SMILES string of the molecule is Nc1n[nH]c2nc(-c3ccccc3)cc(-c3ccc(NS(=O)(=O)C(F)F)c(OCc4ccc(F)cc4)c3)c12. The lowest BCUT2D eigenvalue weighted by Gasteiger charge is -2.16. The van der Waals surface area contributed by atoms with Crippen molar-refractivity contribution in [3.8, 4) is 28.1 Å². The van der Waals surface area contributed by atoms with Gasteiger partial charge in [0.2, 0.25) is 0 Å².